The van der Waals surface area contributed by atoms with Gasteiger partial charge >= 0.3 is 0 Å². The van der Waals surface area contributed by atoms with Crippen LogP contribution in [0.4, 0.5) is 10.1 Å². The number of rotatable bonds is 6. The molecule has 1 aliphatic rings. The van der Waals surface area contributed by atoms with E-state index in [1.54, 1.807) is 12.0 Å². The van der Waals surface area contributed by atoms with Gasteiger partial charge in [0, 0.05) is 50.3 Å². The van der Waals surface area contributed by atoms with E-state index >= 15 is 0 Å². The van der Waals surface area contributed by atoms with Crippen LogP contribution in [0, 0.1) is 5.82 Å². The highest BCUT2D eigenvalue weighted by Gasteiger charge is 2.22. The zero-order valence-electron chi connectivity index (χ0n) is 15.4. The number of hydrogen-bond acceptors (Lipinski definition) is 4. The van der Waals surface area contributed by atoms with Gasteiger partial charge in [-0.3, -0.25) is 9.59 Å². The molecule has 0 unspecified atom stereocenters. The van der Waals surface area contributed by atoms with Crippen molar-refractivity contribution in [2.24, 2.45) is 0 Å². The summed E-state index contributed by atoms with van der Waals surface area (Å²) in [5.41, 5.74) is 1.54. The molecule has 1 aliphatic heterocycles. The predicted molar refractivity (Wildman–Crippen MR) is 102 cm³/mol. The van der Waals surface area contributed by atoms with E-state index in [0.29, 0.717) is 18.7 Å². The first kappa shape index (κ1) is 18.9. The van der Waals surface area contributed by atoms with Crippen molar-refractivity contribution in [2.45, 2.75) is 12.8 Å². The van der Waals surface area contributed by atoms with Crippen LogP contribution in [-0.4, -0.2) is 49.9 Å². The lowest BCUT2D eigenvalue weighted by atomic mass is 10.1. The summed E-state index contributed by atoms with van der Waals surface area (Å²) in [5.74, 6) is 0.288. The third-order valence-electron chi connectivity index (χ3n) is 4.80. The van der Waals surface area contributed by atoms with E-state index in [9.17, 15) is 14.0 Å². The SMILES string of the molecule is COc1ccc(N2CCN(C(=O)CCC(=O)c3ccc(F)cc3)CC2)cc1. The van der Waals surface area contributed by atoms with Gasteiger partial charge in [0.1, 0.15) is 11.6 Å². The number of anilines is 1. The van der Waals surface area contributed by atoms with Gasteiger partial charge in [0.15, 0.2) is 5.78 Å². The molecule has 27 heavy (non-hydrogen) atoms. The number of ether oxygens (including phenoxy) is 1. The second-order valence-electron chi connectivity index (χ2n) is 6.50. The van der Waals surface area contributed by atoms with Crippen molar-refractivity contribution in [3.05, 3.63) is 59.9 Å². The molecule has 0 radical (unpaired) electrons. The largest absolute Gasteiger partial charge is 0.497 e. The van der Waals surface area contributed by atoms with Gasteiger partial charge in [0.2, 0.25) is 5.91 Å². The van der Waals surface area contributed by atoms with Gasteiger partial charge in [0.05, 0.1) is 7.11 Å². The summed E-state index contributed by atoms with van der Waals surface area (Å²) in [6.45, 7) is 2.78. The van der Waals surface area contributed by atoms with Crippen LogP contribution in [0.3, 0.4) is 0 Å². The normalized spacial score (nSPS) is 14.1. The van der Waals surface area contributed by atoms with E-state index in [0.717, 1.165) is 24.5 Å². The van der Waals surface area contributed by atoms with Gasteiger partial charge in [-0.1, -0.05) is 0 Å². The molecule has 0 aromatic heterocycles. The molecule has 0 spiro atoms. The molecule has 0 bridgehead atoms. The molecule has 2 aromatic carbocycles. The first-order valence-corrected chi connectivity index (χ1v) is 9.02. The Bertz CT molecular complexity index is 782. The number of carbonyl (C=O) groups is 2. The summed E-state index contributed by atoms with van der Waals surface area (Å²) in [6.07, 6.45) is 0.321. The fourth-order valence-electron chi connectivity index (χ4n) is 3.17. The molecule has 142 valence electrons. The van der Waals surface area contributed by atoms with Crippen molar-refractivity contribution in [2.75, 3.05) is 38.2 Å². The molecule has 6 heteroatoms. The van der Waals surface area contributed by atoms with E-state index in [1.807, 2.05) is 24.3 Å². The first-order valence-electron chi connectivity index (χ1n) is 9.02. The molecule has 1 amide bonds. The van der Waals surface area contributed by atoms with E-state index in [1.165, 1.54) is 24.3 Å². The van der Waals surface area contributed by atoms with E-state index in [-0.39, 0.29) is 30.3 Å². The number of benzene rings is 2. The average molecular weight is 370 g/mol. The second-order valence-corrected chi connectivity index (χ2v) is 6.50. The molecule has 1 fully saturated rings. The summed E-state index contributed by atoms with van der Waals surface area (Å²) >= 11 is 0. The van der Waals surface area contributed by atoms with Crippen molar-refractivity contribution < 1.29 is 18.7 Å². The summed E-state index contributed by atoms with van der Waals surface area (Å²) in [7, 11) is 1.64. The van der Waals surface area contributed by atoms with Gasteiger partial charge in [-0.15, -0.1) is 0 Å². The molecule has 1 saturated heterocycles. The minimum absolute atomic E-state index is 0.0140. The van der Waals surface area contributed by atoms with Crippen molar-refractivity contribution in [1.29, 1.82) is 0 Å². The Morgan fingerprint density at radius 2 is 1.56 bits per heavy atom. The molecule has 1 heterocycles. The molecular weight excluding hydrogens is 347 g/mol. The van der Waals surface area contributed by atoms with Crippen LogP contribution in [0.15, 0.2) is 48.5 Å². The maximum atomic E-state index is 12.9. The lowest BCUT2D eigenvalue weighted by Gasteiger charge is -2.36. The maximum absolute atomic E-state index is 12.9. The van der Waals surface area contributed by atoms with Crippen LogP contribution in [0.1, 0.15) is 23.2 Å². The Morgan fingerprint density at radius 3 is 2.15 bits per heavy atom. The van der Waals surface area contributed by atoms with Crippen molar-refractivity contribution in [3.63, 3.8) is 0 Å². The molecule has 0 aliphatic carbocycles. The number of carbonyl (C=O) groups excluding carboxylic acids is 2. The van der Waals surface area contributed by atoms with E-state index in [2.05, 4.69) is 4.90 Å². The Morgan fingerprint density at radius 1 is 0.926 bits per heavy atom. The molecule has 0 atom stereocenters. The summed E-state index contributed by atoms with van der Waals surface area (Å²) < 4.78 is 18.1. The fourth-order valence-corrected chi connectivity index (χ4v) is 3.17. The van der Waals surface area contributed by atoms with Crippen LogP contribution >= 0.6 is 0 Å². The minimum atomic E-state index is -0.377. The Kier molecular flexibility index (Phi) is 6.06. The highest BCUT2D eigenvalue weighted by molar-refractivity contribution is 5.97. The fraction of sp³-hybridized carbons (Fsp3) is 0.333. The quantitative estimate of drug-likeness (QED) is 0.733. The number of halogens is 1. The van der Waals surface area contributed by atoms with Gasteiger partial charge in [-0.25, -0.2) is 4.39 Å². The maximum Gasteiger partial charge on any atom is 0.223 e. The Hall–Kier alpha value is -2.89. The number of amides is 1. The van der Waals surface area contributed by atoms with Crippen LogP contribution in [-0.2, 0) is 4.79 Å². The van der Waals surface area contributed by atoms with Gasteiger partial charge in [-0.2, -0.15) is 0 Å². The molecule has 5 nitrogen and oxygen atoms in total. The van der Waals surface area contributed by atoms with Gasteiger partial charge < -0.3 is 14.5 Å². The van der Waals surface area contributed by atoms with Crippen LogP contribution in [0.25, 0.3) is 0 Å². The minimum Gasteiger partial charge on any atom is -0.497 e. The van der Waals surface area contributed by atoms with Gasteiger partial charge in [0.25, 0.3) is 0 Å². The molecule has 3 rings (SSSR count). The lowest BCUT2D eigenvalue weighted by Crippen LogP contribution is -2.48. The number of nitrogens with zero attached hydrogens (tertiary/aromatic N) is 2. The predicted octanol–water partition coefficient (Wildman–Crippen LogP) is 3.15. The van der Waals surface area contributed by atoms with Crippen LogP contribution in [0.5, 0.6) is 5.75 Å². The van der Waals surface area contributed by atoms with E-state index < -0.39 is 0 Å². The topological polar surface area (TPSA) is 49.9 Å². The third-order valence-corrected chi connectivity index (χ3v) is 4.80. The third kappa shape index (κ3) is 4.84. The van der Waals surface area contributed by atoms with Gasteiger partial charge in [-0.05, 0) is 48.5 Å². The smallest absolute Gasteiger partial charge is 0.223 e. The lowest BCUT2D eigenvalue weighted by molar-refractivity contribution is -0.131. The average Bonchev–Trinajstić information content (AvgIpc) is 2.72. The zero-order chi connectivity index (χ0) is 19.2. The molecule has 2 aromatic rings. The number of hydrogen-bond donors (Lipinski definition) is 0. The standard InChI is InChI=1S/C21H23FN2O3/c1-27-19-8-6-18(7-9-19)23-12-14-24(15-13-23)21(26)11-10-20(25)16-2-4-17(22)5-3-16/h2-9H,10-15H2,1H3. The van der Waals surface area contributed by atoms with Crippen LogP contribution < -0.4 is 9.64 Å². The van der Waals surface area contributed by atoms with Crippen LogP contribution in [0.2, 0.25) is 0 Å². The number of methoxy groups -OCH3 is 1. The first-order chi connectivity index (χ1) is 13.1. The monoisotopic (exact) mass is 370 g/mol. The summed E-state index contributed by atoms with van der Waals surface area (Å²) in [6, 6.07) is 13.3. The Labute approximate surface area is 158 Å². The number of ketones is 1. The van der Waals surface area contributed by atoms with Crippen molar-refractivity contribution >= 4 is 17.4 Å². The van der Waals surface area contributed by atoms with Crippen molar-refractivity contribution in [3.8, 4) is 5.75 Å². The zero-order valence-corrected chi connectivity index (χ0v) is 15.4. The Balaban J connectivity index is 1.46. The number of Topliss-reactive ketones (excluding diaryl/α,β-unsaturated/α-hetero) is 1. The highest BCUT2D eigenvalue weighted by Crippen LogP contribution is 2.21. The molecular formula is C21H23FN2O3. The summed E-state index contributed by atoms with van der Waals surface area (Å²) in [4.78, 5) is 28.5. The van der Waals surface area contributed by atoms with Crippen molar-refractivity contribution in [1.82, 2.24) is 4.90 Å². The number of piperazine rings is 1. The van der Waals surface area contributed by atoms with E-state index in [4.69, 9.17) is 4.74 Å². The summed E-state index contributed by atoms with van der Waals surface area (Å²) in [5, 5.41) is 0. The molecule has 0 saturated carbocycles. The molecule has 0 N–H and O–H groups in total. The second kappa shape index (κ2) is 8.66. The highest BCUT2D eigenvalue weighted by atomic mass is 19.1.